The predicted octanol–water partition coefficient (Wildman–Crippen LogP) is 6.37. The van der Waals surface area contributed by atoms with Gasteiger partial charge in [0.1, 0.15) is 11.8 Å². The minimum absolute atomic E-state index is 0.115. The summed E-state index contributed by atoms with van der Waals surface area (Å²) in [5, 5.41) is 3.89. The van der Waals surface area contributed by atoms with Gasteiger partial charge in [0.15, 0.2) is 6.61 Å². The molecule has 2 amide bonds. The number of carbonyl (C=O) groups is 2. The first-order valence-corrected chi connectivity index (χ1v) is 14.0. The molecule has 1 aliphatic carbocycles. The van der Waals surface area contributed by atoms with Crippen molar-refractivity contribution < 1.29 is 14.3 Å². The number of carbonyl (C=O) groups excluding carboxylic acids is 2. The van der Waals surface area contributed by atoms with Crippen molar-refractivity contribution in [3.63, 3.8) is 0 Å². The average molecular weight is 533 g/mol. The SMILES string of the molecule is CCc1ccc(OCC(=O)N(Cc2ccc(Cl)cc2)C(Cc2ccccc2)C(=O)NC2CCCCC2)cc1. The van der Waals surface area contributed by atoms with Crippen LogP contribution < -0.4 is 10.1 Å². The van der Waals surface area contributed by atoms with E-state index in [-0.39, 0.29) is 31.0 Å². The van der Waals surface area contributed by atoms with Gasteiger partial charge in [0, 0.05) is 24.0 Å². The number of hydrogen-bond acceptors (Lipinski definition) is 3. The van der Waals surface area contributed by atoms with Crippen LogP contribution in [-0.4, -0.2) is 35.4 Å². The monoisotopic (exact) mass is 532 g/mol. The number of benzene rings is 3. The van der Waals surface area contributed by atoms with Gasteiger partial charge in [0.05, 0.1) is 0 Å². The Balaban J connectivity index is 1.58. The molecule has 0 spiro atoms. The van der Waals surface area contributed by atoms with Crippen molar-refractivity contribution in [2.45, 2.75) is 70.5 Å². The van der Waals surface area contributed by atoms with Crippen molar-refractivity contribution >= 4 is 23.4 Å². The topological polar surface area (TPSA) is 58.6 Å². The van der Waals surface area contributed by atoms with E-state index in [9.17, 15) is 9.59 Å². The lowest BCUT2D eigenvalue weighted by molar-refractivity contribution is -0.143. The van der Waals surface area contributed by atoms with Gasteiger partial charge >= 0.3 is 0 Å². The molecule has 1 N–H and O–H groups in total. The van der Waals surface area contributed by atoms with Crippen LogP contribution in [-0.2, 0) is 29.0 Å². The Bertz CT molecular complexity index is 1160. The van der Waals surface area contributed by atoms with Gasteiger partial charge in [-0.25, -0.2) is 0 Å². The first-order valence-electron chi connectivity index (χ1n) is 13.6. The molecule has 1 unspecified atom stereocenters. The fourth-order valence-corrected chi connectivity index (χ4v) is 5.06. The molecule has 1 atom stereocenters. The Morgan fingerprint density at radius 1 is 0.895 bits per heavy atom. The summed E-state index contributed by atoms with van der Waals surface area (Å²) in [6, 6.07) is 24.5. The lowest BCUT2D eigenvalue weighted by atomic mass is 9.94. The molecule has 4 rings (SSSR count). The van der Waals surface area contributed by atoms with Crippen molar-refractivity contribution in [1.82, 2.24) is 10.2 Å². The van der Waals surface area contributed by atoms with Crippen molar-refractivity contribution in [2.75, 3.05) is 6.61 Å². The van der Waals surface area contributed by atoms with Crippen molar-refractivity contribution in [1.29, 1.82) is 0 Å². The Hall–Kier alpha value is -3.31. The number of nitrogens with one attached hydrogen (secondary N) is 1. The molecular formula is C32H37ClN2O3. The van der Waals surface area contributed by atoms with Crippen LogP contribution in [0.2, 0.25) is 5.02 Å². The Labute approximate surface area is 231 Å². The van der Waals surface area contributed by atoms with Gasteiger partial charge in [0.25, 0.3) is 5.91 Å². The van der Waals surface area contributed by atoms with Crippen LogP contribution in [0.3, 0.4) is 0 Å². The van der Waals surface area contributed by atoms with E-state index in [4.69, 9.17) is 16.3 Å². The van der Waals surface area contributed by atoms with Gasteiger partial charge in [-0.2, -0.15) is 0 Å². The number of rotatable bonds is 11. The molecule has 3 aromatic rings. The average Bonchev–Trinajstić information content (AvgIpc) is 2.96. The van der Waals surface area contributed by atoms with Crippen LogP contribution in [0.5, 0.6) is 5.75 Å². The summed E-state index contributed by atoms with van der Waals surface area (Å²) < 4.78 is 5.89. The second-order valence-corrected chi connectivity index (χ2v) is 10.4. The number of aryl methyl sites for hydroxylation is 1. The standard InChI is InChI=1S/C32H37ClN2O3/c1-2-24-15-19-29(20-16-24)38-23-31(36)35(22-26-13-17-27(33)18-14-26)30(21-25-9-5-3-6-10-25)32(37)34-28-11-7-4-8-12-28/h3,5-6,9-10,13-20,28,30H,2,4,7-8,11-12,21-23H2,1H3,(H,34,37). The summed E-state index contributed by atoms with van der Waals surface area (Å²) >= 11 is 6.11. The summed E-state index contributed by atoms with van der Waals surface area (Å²) in [7, 11) is 0. The maximum Gasteiger partial charge on any atom is 0.261 e. The van der Waals surface area contributed by atoms with Crippen LogP contribution in [0, 0.1) is 0 Å². The van der Waals surface area contributed by atoms with Gasteiger partial charge in [-0.3, -0.25) is 9.59 Å². The number of amides is 2. The zero-order valence-corrected chi connectivity index (χ0v) is 22.8. The van der Waals surface area contributed by atoms with Gasteiger partial charge in [0.2, 0.25) is 5.91 Å². The predicted molar refractivity (Wildman–Crippen MR) is 152 cm³/mol. The van der Waals surface area contributed by atoms with E-state index in [2.05, 4.69) is 12.2 Å². The van der Waals surface area contributed by atoms with Crippen LogP contribution in [0.15, 0.2) is 78.9 Å². The van der Waals surface area contributed by atoms with Gasteiger partial charge in [-0.1, -0.05) is 92.4 Å². The maximum absolute atomic E-state index is 13.8. The van der Waals surface area contributed by atoms with Gasteiger partial charge < -0.3 is 15.0 Å². The van der Waals surface area contributed by atoms with Crippen molar-refractivity contribution in [3.05, 3.63) is 101 Å². The quantitative estimate of drug-likeness (QED) is 0.312. The first-order chi connectivity index (χ1) is 18.5. The summed E-state index contributed by atoms with van der Waals surface area (Å²) in [6.07, 6.45) is 6.75. The maximum atomic E-state index is 13.8. The van der Waals surface area contributed by atoms with E-state index in [1.807, 2.05) is 66.7 Å². The molecule has 1 aliphatic rings. The molecular weight excluding hydrogens is 496 g/mol. The highest BCUT2D eigenvalue weighted by atomic mass is 35.5. The highest BCUT2D eigenvalue weighted by Crippen LogP contribution is 2.21. The molecule has 200 valence electrons. The molecule has 0 saturated heterocycles. The van der Waals surface area contributed by atoms with Gasteiger partial charge in [-0.15, -0.1) is 0 Å². The summed E-state index contributed by atoms with van der Waals surface area (Å²) in [4.78, 5) is 29.2. The van der Waals surface area contributed by atoms with E-state index < -0.39 is 6.04 Å². The zero-order valence-electron chi connectivity index (χ0n) is 22.1. The summed E-state index contributed by atoms with van der Waals surface area (Å²) in [5.74, 6) is 0.280. The minimum atomic E-state index is -0.673. The Morgan fingerprint density at radius 2 is 1.55 bits per heavy atom. The van der Waals surface area contributed by atoms with Gasteiger partial charge in [-0.05, 0) is 60.2 Å². The number of nitrogens with zero attached hydrogens (tertiary/aromatic N) is 1. The molecule has 0 aliphatic heterocycles. The van der Waals surface area contributed by atoms with E-state index >= 15 is 0 Å². The van der Waals surface area contributed by atoms with Crippen molar-refractivity contribution in [3.8, 4) is 5.75 Å². The molecule has 1 saturated carbocycles. The highest BCUT2D eigenvalue weighted by Gasteiger charge is 2.32. The molecule has 0 radical (unpaired) electrons. The van der Waals surface area contributed by atoms with Crippen LogP contribution in [0.25, 0.3) is 0 Å². The molecule has 1 fully saturated rings. The highest BCUT2D eigenvalue weighted by molar-refractivity contribution is 6.30. The second-order valence-electron chi connectivity index (χ2n) is 9.98. The van der Waals surface area contributed by atoms with E-state index in [0.29, 0.717) is 17.2 Å². The fourth-order valence-electron chi connectivity index (χ4n) is 4.93. The fraction of sp³-hybridized carbons (Fsp3) is 0.375. The first kappa shape index (κ1) is 27.7. The lowest BCUT2D eigenvalue weighted by Gasteiger charge is -2.33. The number of hydrogen-bond donors (Lipinski definition) is 1. The zero-order chi connectivity index (χ0) is 26.7. The van der Waals surface area contributed by atoms with Crippen LogP contribution in [0.1, 0.15) is 55.7 Å². The molecule has 6 heteroatoms. The molecule has 3 aromatic carbocycles. The third-order valence-electron chi connectivity index (χ3n) is 7.18. The van der Waals surface area contributed by atoms with Crippen molar-refractivity contribution in [2.24, 2.45) is 0 Å². The normalized spacial score (nSPS) is 14.5. The number of halogens is 1. The van der Waals surface area contributed by atoms with Crippen LogP contribution >= 0.6 is 11.6 Å². The van der Waals surface area contributed by atoms with Crippen LogP contribution in [0.4, 0.5) is 0 Å². The summed E-state index contributed by atoms with van der Waals surface area (Å²) in [5.41, 5.74) is 3.11. The Morgan fingerprint density at radius 3 is 2.21 bits per heavy atom. The largest absolute Gasteiger partial charge is 0.484 e. The molecule has 0 heterocycles. The molecule has 5 nitrogen and oxygen atoms in total. The third kappa shape index (κ3) is 8.09. The summed E-state index contributed by atoms with van der Waals surface area (Å²) in [6.45, 7) is 2.23. The minimum Gasteiger partial charge on any atom is -0.484 e. The third-order valence-corrected chi connectivity index (χ3v) is 7.43. The molecule has 38 heavy (non-hydrogen) atoms. The Kier molecular flexibility index (Phi) is 10.2. The molecule has 0 aromatic heterocycles. The second kappa shape index (κ2) is 14.0. The number of ether oxygens (including phenoxy) is 1. The van der Waals surface area contributed by atoms with E-state index in [1.54, 1.807) is 17.0 Å². The van der Waals surface area contributed by atoms with E-state index in [1.165, 1.54) is 12.0 Å². The smallest absolute Gasteiger partial charge is 0.261 e. The molecule has 0 bridgehead atoms. The van der Waals surface area contributed by atoms with E-state index in [0.717, 1.165) is 43.2 Å². The lowest BCUT2D eigenvalue weighted by Crippen LogP contribution is -2.53.